The van der Waals surface area contributed by atoms with Crippen molar-refractivity contribution in [3.05, 3.63) is 54.9 Å². The molecular weight excluding hydrogens is 294 g/mol. The van der Waals surface area contributed by atoms with Crippen LogP contribution in [0, 0.1) is 19.7 Å². The predicted octanol–water partition coefficient (Wildman–Crippen LogP) is 5.04. The van der Waals surface area contributed by atoms with Gasteiger partial charge in [-0.1, -0.05) is 23.2 Å². The van der Waals surface area contributed by atoms with Gasteiger partial charge in [-0.15, -0.1) is 11.3 Å². The molecule has 5 heteroatoms. The molecule has 0 saturated heterocycles. The van der Waals surface area contributed by atoms with Gasteiger partial charge in [-0.2, -0.15) is 0 Å². The Morgan fingerprint density at radius 3 is 2.44 bits per heavy atom. The molecule has 0 bridgehead atoms. The van der Waals surface area contributed by atoms with Crippen molar-refractivity contribution < 1.29 is 9.18 Å². The second-order valence-corrected chi connectivity index (χ2v) is 5.64. The normalized spacial score (nSPS) is 10.7. The lowest BCUT2D eigenvalue weighted by atomic mass is 10.1. The molecule has 0 N–H and O–H groups in total. The third-order valence-corrected chi connectivity index (χ3v) is 4.61. The standard InChI is InChI=1S/C13H9Cl2FOS/c1-6-3-8(9(14)4-10(6)16)12(17)13-11(15)7(2)5-18-13/h3-5H,1-2H3. The highest BCUT2D eigenvalue weighted by Gasteiger charge is 2.20. The van der Waals surface area contributed by atoms with Crippen molar-refractivity contribution in [2.45, 2.75) is 13.8 Å². The summed E-state index contributed by atoms with van der Waals surface area (Å²) in [6.07, 6.45) is 0. The highest BCUT2D eigenvalue weighted by atomic mass is 35.5. The lowest BCUT2D eigenvalue weighted by molar-refractivity contribution is 0.104. The number of thiophene rings is 1. The van der Waals surface area contributed by atoms with Crippen molar-refractivity contribution in [3.63, 3.8) is 0 Å². The van der Waals surface area contributed by atoms with Crippen LogP contribution in [0.15, 0.2) is 17.5 Å². The largest absolute Gasteiger partial charge is 0.288 e. The maximum absolute atomic E-state index is 13.3. The van der Waals surface area contributed by atoms with Gasteiger partial charge in [0.15, 0.2) is 0 Å². The van der Waals surface area contributed by atoms with Crippen LogP contribution < -0.4 is 0 Å². The van der Waals surface area contributed by atoms with Gasteiger partial charge in [0, 0.05) is 5.56 Å². The molecule has 0 fully saturated rings. The van der Waals surface area contributed by atoms with E-state index in [0.717, 1.165) is 11.6 Å². The lowest BCUT2D eigenvalue weighted by Crippen LogP contribution is -2.02. The molecule has 18 heavy (non-hydrogen) atoms. The molecule has 0 aliphatic carbocycles. The molecule has 2 aromatic rings. The molecular formula is C13H9Cl2FOS. The molecule has 2 rings (SSSR count). The average molecular weight is 303 g/mol. The molecule has 0 saturated carbocycles. The van der Waals surface area contributed by atoms with Gasteiger partial charge in [0.25, 0.3) is 0 Å². The number of carbonyl (C=O) groups excluding carboxylic acids is 1. The molecule has 0 unspecified atom stereocenters. The lowest BCUT2D eigenvalue weighted by Gasteiger charge is -2.05. The first-order valence-electron chi connectivity index (χ1n) is 5.15. The van der Waals surface area contributed by atoms with Crippen LogP contribution >= 0.6 is 34.5 Å². The molecule has 1 aromatic carbocycles. The first-order valence-corrected chi connectivity index (χ1v) is 6.79. The zero-order valence-corrected chi connectivity index (χ0v) is 12.0. The van der Waals surface area contributed by atoms with Gasteiger partial charge in [0.1, 0.15) is 5.82 Å². The summed E-state index contributed by atoms with van der Waals surface area (Å²) in [5.74, 6) is -0.698. The summed E-state index contributed by atoms with van der Waals surface area (Å²) in [7, 11) is 0. The van der Waals surface area contributed by atoms with Crippen molar-refractivity contribution in [2.24, 2.45) is 0 Å². The maximum atomic E-state index is 13.3. The second-order valence-electron chi connectivity index (χ2n) is 3.97. The van der Waals surface area contributed by atoms with Gasteiger partial charge in [-0.05, 0) is 42.5 Å². The summed E-state index contributed by atoms with van der Waals surface area (Å²) < 4.78 is 13.3. The zero-order valence-electron chi connectivity index (χ0n) is 9.68. The molecule has 0 aliphatic heterocycles. The number of aryl methyl sites for hydroxylation is 2. The first kappa shape index (κ1) is 13.5. The number of ketones is 1. The Hall–Kier alpha value is -0.900. The fourth-order valence-electron chi connectivity index (χ4n) is 1.54. The smallest absolute Gasteiger partial charge is 0.205 e. The Bertz CT molecular complexity index is 634. The Morgan fingerprint density at radius 2 is 1.89 bits per heavy atom. The van der Waals surface area contributed by atoms with E-state index < -0.39 is 5.82 Å². The van der Waals surface area contributed by atoms with Gasteiger partial charge in [-0.25, -0.2) is 4.39 Å². The van der Waals surface area contributed by atoms with Crippen LogP contribution in [0.5, 0.6) is 0 Å². The van der Waals surface area contributed by atoms with Gasteiger partial charge in [0.2, 0.25) is 5.78 Å². The van der Waals surface area contributed by atoms with Crippen LogP contribution in [0.1, 0.15) is 26.4 Å². The molecule has 0 amide bonds. The van der Waals surface area contributed by atoms with E-state index in [4.69, 9.17) is 23.2 Å². The molecule has 94 valence electrons. The Kier molecular flexibility index (Phi) is 3.76. The SMILES string of the molecule is Cc1cc(C(=O)c2scc(C)c2Cl)c(Cl)cc1F. The number of halogens is 3. The Morgan fingerprint density at radius 1 is 1.22 bits per heavy atom. The summed E-state index contributed by atoms with van der Waals surface area (Å²) in [5, 5.41) is 2.34. The van der Waals surface area contributed by atoms with Crippen molar-refractivity contribution >= 4 is 40.3 Å². The van der Waals surface area contributed by atoms with E-state index in [0.29, 0.717) is 15.5 Å². The maximum Gasteiger partial charge on any atom is 0.205 e. The second kappa shape index (κ2) is 5.00. The molecule has 1 aromatic heterocycles. The topological polar surface area (TPSA) is 17.1 Å². The first-order chi connectivity index (χ1) is 8.41. The minimum atomic E-state index is -0.426. The minimum Gasteiger partial charge on any atom is -0.288 e. The van der Waals surface area contributed by atoms with Crippen LogP contribution in [0.25, 0.3) is 0 Å². The van der Waals surface area contributed by atoms with E-state index in [9.17, 15) is 9.18 Å². The minimum absolute atomic E-state index is 0.102. The van der Waals surface area contributed by atoms with Crippen molar-refractivity contribution in [1.29, 1.82) is 0 Å². The van der Waals surface area contributed by atoms with Crippen molar-refractivity contribution in [1.82, 2.24) is 0 Å². The number of hydrogen-bond acceptors (Lipinski definition) is 2. The third-order valence-electron chi connectivity index (χ3n) is 2.60. The zero-order chi connectivity index (χ0) is 13.4. The van der Waals surface area contributed by atoms with Crippen LogP contribution in [0.4, 0.5) is 4.39 Å². The van der Waals surface area contributed by atoms with E-state index in [1.165, 1.54) is 17.4 Å². The average Bonchev–Trinajstić information content (AvgIpc) is 2.64. The summed E-state index contributed by atoms with van der Waals surface area (Å²) in [6.45, 7) is 3.41. The highest BCUT2D eigenvalue weighted by Crippen LogP contribution is 2.31. The van der Waals surface area contributed by atoms with Crippen molar-refractivity contribution in [2.75, 3.05) is 0 Å². The van der Waals surface area contributed by atoms with Crippen molar-refractivity contribution in [3.8, 4) is 0 Å². The van der Waals surface area contributed by atoms with Crippen LogP contribution in [-0.2, 0) is 0 Å². The monoisotopic (exact) mass is 302 g/mol. The van der Waals surface area contributed by atoms with Crippen LogP contribution in [-0.4, -0.2) is 5.78 Å². The Labute approximate surface area is 118 Å². The summed E-state index contributed by atoms with van der Waals surface area (Å²) in [6, 6.07) is 2.60. The molecule has 0 radical (unpaired) electrons. The van der Waals surface area contributed by atoms with E-state index in [1.807, 2.05) is 6.92 Å². The molecule has 1 nitrogen and oxygen atoms in total. The van der Waals surface area contributed by atoms with E-state index in [1.54, 1.807) is 12.3 Å². The summed E-state index contributed by atoms with van der Waals surface area (Å²) in [4.78, 5) is 12.7. The van der Waals surface area contributed by atoms with Gasteiger partial charge >= 0.3 is 0 Å². The highest BCUT2D eigenvalue weighted by molar-refractivity contribution is 7.13. The van der Waals surface area contributed by atoms with E-state index in [-0.39, 0.29) is 16.4 Å². The molecule has 0 aliphatic rings. The van der Waals surface area contributed by atoms with Gasteiger partial charge < -0.3 is 0 Å². The van der Waals surface area contributed by atoms with E-state index in [2.05, 4.69) is 0 Å². The molecule has 0 atom stereocenters. The van der Waals surface area contributed by atoms with E-state index >= 15 is 0 Å². The molecule has 1 heterocycles. The quantitative estimate of drug-likeness (QED) is 0.710. The fraction of sp³-hybridized carbons (Fsp3) is 0.154. The fourth-order valence-corrected chi connectivity index (χ4v) is 3.01. The number of carbonyl (C=O) groups is 1. The number of rotatable bonds is 2. The number of benzene rings is 1. The van der Waals surface area contributed by atoms with Gasteiger partial charge in [0.05, 0.1) is 14.9 Å². The van der Waals surface area contributed by atoms with Gasteiger partial charge in [-0.3, -0.25) is 4.79 Å². The predicted molar refractivity (Wildman–Crippen MR) is 73.6 cm³/mol. The van der Waals surface area contributed by atoms with Crippen LogP contribution in [0.2, 0.25) is 10.0 Å². The summed E-state index contributed by atoms with van der Waals surface area (Å²) >= 11 is 13.2. The molecule has 0 spiro atoms. The summed E-state index contributed by atoms with van der Waals surface area (Å²) in [5.41, 5.74) is 1.51. The third kappa shape index (κ3) is 2.30. The number of hydrogen-bond donors (Lipinski definition) is 0. The van der Waals surface area contributed by atoms with Crippen LogP contribution in [0.3, 0.4) is 0 Å². The Balaban J connectivity index is 2.53.